The molecule has 0 amide bonds. The van der Waals surface area contributed by atoms with E-state index in [-0.39, 0.29) is 12.2 Å². The molecular weight excluding hydrogens is 412 g/mol. The van der Waals surface area contributed by atoms with E-state index in [1.165, 1.54) is 0 Å². The molecule has 1 saturated heterocycles. The summed E-state index contributed by atoms with van der Waals surface area (Å²) in [5.41, 5.74) is 3.96. The van der Waals surface area contributed by atoms with Gasteiger partial charge in [0.1, 0.15) is 5.75 Å². The summed E-state index contributed by atoms with van der Waals surface area (Å²) in [7, 11) is 0. The number of rotatable bonds is 3. The number of anilines is 1. The number of hydrogen-bond acceptors (Lipinski definition) is 7. The smallest absolute Gasteiger partial charge is 0.434 e. The van der Waals surface area contributed by atoms with Crippen molar-refractivity contribution in [2.45, 2.75) is 20.8 Å². The zero-order chi connectivity index (χ0) is 22.4. The highest BCUT2D eigenvalue weighted by atomic mass is 16.7. The van der Waals surface area contributed by atoms with E-state index in [9.17, 15) is 9.59 Å². The van der Waals surface area contributed by atoms with Gasteiger partial charge in [0.15, 0.2) is 0 Å². The summed E-state index contributed by atoms with van der Waals surface area (Å²) in [5, 5.41) is 2.41. The maximum Gasteiger partial charge on any atom is 0.513 e. The van der Waals surface area contributed by atoms with E-state index in [4.69, 9.17) is 19.2 Å². The molecular formula is C23H24N4O5. The molecule has 9 nitrogen and oxygen atoms in total. The molecule has 0 spiro atoms. The number of carbonyl (C=O) groups excluding carboxylic acids is 1. The average molecular weight is 436 g/mol. The number of morpholine rings is 1. The van der Waals surface area contributed by atoms with Crippen LogP contribution in [0.15, 0.2) is 23.0 Å². The molecule has 1 aliphatic heterocycles. The van der Waals surface area contributed by atoms with Crippen LogP contribution >= 0.6 is 0 Å². The fourth-order valence-electron chi connectivity index (χ4n) is 4.40. The van der Waals surface area contributed by atoms with Crippen molar-refractivity contribution in [1.29, 1.82) is 0 Å². The van der Waals surface area contributed by atoms with Crippen LogP contribution in [0.1, 0.15) is 18.1 Å². The second-order valence-corrected chi connectivity index (χ2v) is 7.83. The van der Waals surface area contributed by atoms with Gasteiger partial charge >= 0.3 is 6.16 Å². The number of aromatic amines is 2. The number of ether oxygens (including phenoxy) is 3. The Morgan fingerprint density at radius 1 is 1.16 bits per heavy atom. The molecule has 2 N–H and O–H groups in total. The zero-order valence-corrected chi connectivity index (χ0v) is 18.2. The van der Waals surface area contributed by atoms with E-state index in [1.807, 2.05) is 24.8 Å². The van der Waals surface area contributed by atoms with E-state index in [0.29, 0.717) is 48.9 Å². The molecule has 166 valence electrons. The van der Waals surface area contributed by atoms with Crippen molar-refractivity contribution in [3.05, 3.63) is 39.7 Å². The predicted molar refractivity (Wildman–Crippen MR) is 122 cm³/mol. The topological polar surface area (TPSA) is 110 Å². The van der Waals surface area contributed by atoms with Crippen molar-refractivity contribution < 1.29 is 19.0 Å². The SMILES string of the molecule is CCOC(=O)Oc1ccc2[nH]c3c(C)c4c(=O)[nH]c(N5CCOCC5)nc4c(C)c3c2c1. The van der Waals surface area contributed by atoms with E-state index in [1.54, 1.807) is 19.1 Å². The molecule has 1 fully saturated rings. The standard InChI is InChI=1S/C23H24N4O5/c1-4-31-23(29)32-14-5-6-16-15(11-14)17-12(2)20-18(13(3)19(17)24-16)21(28)26-22(25-20)27-7-9-30-10-8-27/h5-6,11,24H,4,7-10H2,1-3H3,(H,25,26,28). The molecule has 2 aromatic carbocycles. The molecule has 0 saturated carbocycles. The lowest BCUT2D eigenvalue weighted by Crippen LogP contribution is -2.38. The number of aromatic nitrogens is 3. The van der Waals surface area contributed by atoms with Crippen LogP contribution in [0.5, 0.6) is 5.75 Å². The van der Waals surface area contributed by atoms with Gasteiger partial charge in [-0.2, -0.15) is 0 Å². The van der Waals surface area contributed by atoms with Crippen molar-refractivity contribution in [1.82, 2.24) is 15.0 Å². The molecule has 0 radical (unpaired) electrons. The Kier molecular flexibility index (Phi) is 4.97. The summed E-state index contributed by atoms with van der Waals surface area (Å²) < 4.78 is 15.6. The fourth-order valence-corrected chi connectivity index (χ4v) is 4.40. The van der Waals surface area contributed by atoms with Crippen molar-refractivity contribution in [3.8, 4) is 5.75 Å². The van der Waals surface area contributed by atoms with Gasteiger partial charge in [0.25, 0.3) is 5.56 Å². The summed E-state index contributed by atoms with van der Waals surface area (Å²) in [6.45, 7) is 8.40. The minimum absolute atomic E-state index is 0.163. The number of carbonyl (C=O) groups is 1. The lowest BCUT2D eigenvalue weighted by Gasteiger charge is -2.27. The summed E-state index contributed by atoms with van der Waals surface area (Å²) in [6.07, 6.45) is -0.742. The maximum atomic E-state index is 13.1. The van der Waals surface area contributed by atoms with Crippen LogP contribution < -0.4 is 15.2 Å². The van der Waals surface area contributed by atoms with Gasteiger partial charge in [-0.25, -0.2) is 9.78 Å². The van der Waals surface area contributed by atoms with Crippen LogP contribution in [-0.2, 0) is 9.47 Å². The molecule has 0 atom stereocenters. The third-order valence-corrected chi connectivity index (χ3v) is 5.93. The van der Waals surface area contributed by atoms with Crippen LogP contribution in [0.3, 0.4) is 0 Å². The van der Waals surface area contributed by atoms with Crippen molar-refractivity contribution in [2.24, 2.45) is 0 Å². The first kappa shape index (κ1) is 20.3. The highest BCUT2D eigenvalue weighted by Gasteiger charge is 2.21. The summed E-state index contributed by atoms with van der Waals surface area (Å²) in [5.74, 6) is 0.945. The van der Waals surface area contributed by atoms with E-state index in [0.717, 1.165) is 32.9 Å². The monoisotopic (exact) mass is 436 g/mol. The Morgan fingerprint density at radius 3 is 2.69 bits per heavy atom. The van der Waals surface area contributed by atoms with Gasteiger partial charge in [-0.1, -0.05) is 0 Å². The number of benzene rings is 2. The molecule has 0 bridgehead atoms. The van der Waals surface area contributed by atoms with Crippen molar-refractivity contribution in [2.75, 3.05) is 37.8 Å². The first-order valence-corrected chi connectivity index (χ1v) is 10.6. The van der Waals surface area contributed by atoms with Crippen molar-refractivity contribution >= 4 is 44.8 Å². The number of aryl methyl sites for hydroxylation is 2. The van der Waals surface area contributed by atoms with E-state index >= 15 is 0 Å². The minimum Gasteiger partial charge on any atom is -0.434 e. The Labute approximate surface area is 183 Å². The largest absolute Gasteiger partial charge is 0.513 e. The molecule has 4 aromatic rings. The normalized spacial score (nSPS) is 14.4. The third kappa shape index (κ3) is 3.25. The molecule has 0 aliphatic carbocycles. The Hall–Kier alpha value is -3.59. The predicted octanol–water partition coefficient (Wildman–Crippen LogP) is 3.55. The number of nitrogens with zero attached hydrogens (tertiary/aromatic N) is 2. The van der Waals surface area contributed by atoms with Gasteiger partial charge in [0.2, 0.25) is 5.95 Å². The number of hydrogen-bond donors (Lipinski definition) is 2. The highest BCUT2D eigenvalue weighted by Crippen LogP contribution is 2.36. The summed E-state index contributed by atoms with van der Waals surface area (Å²) >= 11 is 0. The van der Waals surface area contributed by atoms with Gasteiger partial charge < -0.3 is 24.1 Å². The fraction of sp³-hybridized carbons (Fsp3) is 0.348. The second-order valence-electron chi connectivity index (χ2n) is 7.83. The first-order valence-electron chi connectivity index (χ1n) is 10.6. The molecule has 0 unspecified atom stereocenters. The lowest BCUT2D eigenvalue weighted by molar-refractivity contribution is 0.104. The number of fused-ring (bicyclic) bond motifs is 4. The maximum absolute atomic E-state index is 13.1. The summed E-state index contributed by atoms with van der Waals surface area (Å²) in [4.78, 5) is 38.1. The highest BCUT2D eigenvalue weighted by molar-refractivity contribution is 6.16. The average Bonchev–Trinajstić information content (AvgIpc) is 3.17. The van der Waals surface area contributed by atoms with Gasteiger partial charge in [-0.3, -0.25) is 9.78 Å². The van der Waals surface area contributed by atoms with E-state index in [2.05, 4.69) is 9.97 Å². The van der Waals surface area contributed by atoms with Gasteiger partial charge in [0.05, 0.1) is 36.2 Å². The number of H-pyrrole nitrogens is 2. The van der Waals surface area contributed by atoms with Crippen LogP contribution in [0.25, 0.3) is 32.7 Å². The van der Waals surface area contributed by atoms with Crippen LogP contribution in [0.2, 0.25) is 0 Å². The molecule has 1 aliphatic rings. The Morgan fingerprint density at radius 2 is 1.94 bits per heavy atom. The lowest BCUT2D eigenvalue weighted by atomic mass is 9.99. The van der Waals surface area contributed by atoms with Gasteiger partial charge in [-0.05, 0) is 50.1 Å². The van der Waals surface area contributed by atoms with Crippen LogP contribution in [-0.4, -0.2) is 54.0 Å². The van der Waals surface area contributed by atoms with Crippen LogP contribution in [0, 0.1) is 13.8 Å². The molecule has 3 heterocycles. The number of nitrogens with one attached hydrogen (secondary N) is 2. The molecule has 2 aromatic heterocycles. The van der Waals surface area contributed by atoms with E-state index < -0.39 is 6.16 Å². The van der Waals surface area contributed by atoms with Crippen LogP contribution in [0.4, 0.5) is 10.7 Å². The van der Waals surface area contributed by atoms with Crippen molar-refractivity contribution in [3.63, 3.8) is 0 Å². The first-order chi connectivity index (χ1) is 15.5. The second kappa shape index (κ2) is 7.83. The summed E-state index contributed by atoms with van der Waals surface area (Å²) in [6, 6.07) is 5.37. The zero-order valence-electron chi connectivity index (χ0n) is 18.2. The van der Waals surface area contributed by atoms with Gasteiger partial charge in [0, 0.05) is 29.4 Å². The molecule has 5 rings (SSSR count). The Balaban J connectivity index is 1.73. The minimum atomic E-state index is -0.742. The molecule has 9 heteroatoms. The Bertz CT molecular complexity index is 1420. The quantitative estimate of drug-likeness (QED) is 0.373. The third-order valence-electron chi connectivity index (χ3n) is 5.93. The molecule has 32 heavy (non-hydrogen) atoms. The van der Waals surface area contributed by atoms with Gasteiger partial charge in [-0.15, -0.1) is 0 Å².